The number of nitrogens with zero attached hydrogens (tertiary/aromatic N) is 1. The number of hydrogen-bond acceptors (Lipinski definition) is 2. The Kier molecular flexibility index (Phi) is 3.50. The SMILES string of the molecule is CCCNC(=O)C(C)n1cc[nH]c1=O. The maximum atomic E-state index is 11.5. The van der Waals surface area contributed by atoms with Crippen molar-refractivity contribution in [1.82, 2.24) is 14.9 Å². The third kappa shape index (κ3) is 2.25. The first-order valence-electron chi connectivity index (χ1n) is 4.70. The van der Waals surface area contributed by atoms with Crippen molar-refractivity contribution in [3.63, 3.8) is 0 Å². The van der Waals surface area contributed by atoms with E-state index < -0.39 is 6.04 Å². The minimum absolute atomic E-state index is 0.131. The number of carbonyl (C=O) groups excluding carboxylic acids is 1. The van der Waals surface area contributed by atoms with E-state index in [0.717, 1.165) is 6.42 Å². The molecular weight excluding hydrogens is 182 g/mol. The van der Waals surface area contributed by atoms with Crippen LogP contribution in [0, 0.1) is 0 Å². The van der Waals surface area contributed by atoms with Crippen molar-refractivity contribution in [2.45, 2.75) is 26.3 Å². The molecule has 0 spiro atoms. The molecule has 0 aromatic carbocycles. The van der Waals surface area contributed by atoms with Gasteiger partial charge in [-0.25, -0.2) is 4.79 Å². The summed E-state index contributed by atoms with van der Waals surface area (Å²) in [5.41, 5.74) is -0.260. The Morgan fingerprint density at radius 2 is 2.43 bits per heavy atom. The molecule has 1 heterocycles. The summed E-state index contributed by atoms with van der Waals surface area (Å²) in [6.45, 7) is 4.32. The number of imidazole rings is 1. The number of amides is 1. The van der Waals surface area contributed by atoms with Gasteiger partial charge in [-0.1, -0.05) is 6.92 Å². The Labute approximate surface area is 82.1 Å². The van der Waals surface area contributed by atoms with E-state index in [0.29, 0.717) is 6.54 Å². The minimum atomic E-state index is -0.458. The molecule has 0 radical (unpaired) electrons. The molecule has 0 saturated heterocycles. The summed E-state index contributed by atoms with van der Waals surface area (Å²) in [4.78, 5) is 25.1. The molecule has 1 atom stereocenters. The third-order valence-corrected chi connectivity index (χ3v) is 2.02. The molecule has 0 aliphatic carbocycles. The van der Waals surface area contributed by atoms with Crippen molar-refractivity contribution in [2.75, 3.05) is 6.54 Å². The maximum absolute atomic E-state index is 11.5. The second-order valence-corrected chi connectivity index (χ2v) is 3.14. The van der Waals surface area contributed by atoms with Crippen molar-refractivity contribution in [3.05, 3.63) is 22.9 Å². The average Bonchev–Trinajstić information content (AvgIpc) is 2.59. The topological polar surface area (TPSA) is 66.9 Å². The van der Waals surface area contributed by atoms with Gasteiger partial charge < -0.3 is 10.3 Å². The van der Waals surface area contributed by atoms with E-state index in [9.17, 15) is 9.59 Å². The van der Waals surface area contributed by atoms with E-state index in [2.05, 4.69) is 10.3 Å². The number of aromatic amines is 1. The molecule has 1 rings (SSSR count). The summed E-state index contributed by atoms with van der Waals surface area (Å²) in [5, 5.41) is 2.74. The summed E-state index contributed by atoms with van der Waals surface area (Å²) in [5.74, 6) is -0.131. The van der Waals surface area contributed by atoms with Gasteiger partial charge >= 0.3 is 5.69 Å². The lowest BCUT2D eigenvalue weighted by Gasteiger charge is -2.11. The van der Waals surface area contributed by atoms with E-state index in [4.69, 9.17) is 0 Å². The van der Waals surface area contributed by atoms with Crippen LogP contribution in [-0.4, -0.2) is 22.0 Å². The lowest BCUT2D eigenvalue weighted by molar-refractivity contribution is -0.123. The molecule has 5 heteroatoms. The van der Waals surface area contributed by atoms with Crippen LogP contribution in [-0.2, 0) is 4.79 Å². The highest BCUT2D eigenvalue weighted by molar-refractivity contribution is 5.79. The summed E-state index contributed by atoms with van der Waals surface area (Å²) in [6.07, 6.45) is 3.98. The van der Waals surface area contributed by atoms with Gasteiger partial charge in [-0.05, 0) is 13.3 Å². The Hall–Kier alpha value is -1.52. The Morgan fingerprint density at radius 1 is 1.71 bits per heavy atom. The molecule has 0 aliphatic heterocycles. The van der Waals surface area contributed by atoms with Crippen LogP contribution in [0.5, 0.6) is 0 Å². The zero-order valence-corrected chi connectivity index (χ0v) is 8.41. The van der Waals surface area contributed by atoms with Gasteiger partial charge in [-0.15, -0.1) is 0 Å². The number of nitrogens with one attached hydrogen (secondary N) is 2. The predicted molar refractivity (Wildman–Crippen MR) is 53.1 cm³/mol. The Morgan fingerprint density at radius 3 is 2.93 bits per heavy atom. The zero-order valence-electron chi connectivity index (χ0n) is 8.41. The summed E-state index contributed by atoms with van der Waals surface area (Å²) in [6, 6.07) is -0.458. The Bertz CT molecular complexity index is 353. The average molecular weight is 197 g/mol. The van der Waals surface area contributed by atoms with Crippen LogP contribution in [0.25, 0.3) is 0 Å². The number of hydrogen-bond donors (Lipinski definition) is 2. The van der Waals surface area contributed by atoms with Crippen LogP contribution >= 0.6 is 0 Å². The molecule has 5 nitrogen and oxygen atoms in total. The minimum Gasteiger partial charge on any atom is -0.354 e. The first-order chi connectivity index (χ1) is 6.66. The molecule has 0 saturated carbocycles. The Balaban J connectivity index is 2.66. The standard InChI is InChI=1S/C9H15N3O2/c1-3-4-10-8(13)7(2)12-6-5-11-9(12)14/h5-7H,3-4H2,1-2H3,(H,10,13)(H,11,14). The molecule has 78 valence electrons. The van der Waals surface area contributed by atoms with Crippen LogP contribution in [0.15, 0.2) is 17.2 Å². The molecule has 0 aliphatic rings. The smallest absolute Gasteiger partial charge is 0.326 e. The normalized spacial score (nSPS) is 12.4. The van der Waals surface area contributed by atoms with Crippen molar-refractivity contribution in [3.8, 4) is 0 Å². The first kappa shape index (κ1) is 10.6. The maximum Gasteiger partial charge on any atom is 0.326 e. The molecule has 1 aromatic heterocycles. The second-order valence-electron chi connectivity index (χ2n) is 3.14. The van der Waals surface area contributed by atoms with E-state index in [1.807, 2.05) is 6.92 Å². The van der Waals surface area contributed by atoms with Gasteiger partial charge in [0.25, 0.3) is 0 Å². The highest BCUT2D eigenvalue weighted by Crippen LogP contribution is 2.00. The fraction of sp³-hybridized carbons (Fsp3) is 0.556. The molecule has 2 N–H and O–H groups in total. The van der Waals surface area contributed by atoms with Crippen molar-refractivity contribution in [2.24, 2.45) is 0 Å². The van der Waals surface area contributed by atoms with Crippen LogP contribution < -0.4 is 11.0 Å². The highest BCUT2D eigenvalue weighted by atomic mass is 16.2. The lowest BCUT2D eigenvalue weighted by Crippen LogP contribution is -2.34. The summed E-state index contributed by atoms with van der Waals surface area (Å²) >= 11 is 0. The van der Waals surface area contributed by atoms with Gasteiger partial charge in [-0.2, -0.15) is 0 Å². The largest absolute Gasteiger partial charge is 0.354 e. The van der Waals surface area contributed by atoms with Gasteiger partial charge in [0.1, 0.15) is 6.04 Å². The fourth-order valence-corrected chi connectivity index (χ4v) is 1.16. The van der Waals surface area contributed by atoms with Crippen molar-refractivity contribution in [1.29, 1.82) is 0 Å². The summed E-state index contributed by atoms with van der Waals surface area (Å²) < 4.78 is 1.37. The third-order valence-electron chi connectivity index (χ3n) is 2.02. The van der Waals surface area contributed by atoms with Crippen molar-refractivity contribution < 1.29 is 4.79 Å². The summed E-state index contributed by atoms with van der Waals surface area (Å²) in [7, 11) is 0. The first-order valence-corrected chi connectivity index (χ1v) is 4.70. The quantitative estimate of drug-likeness (QED) is 0.727. The number of rotatable bonds is 4. The molecule has 1 unspecified atom stereocenters. The zero-order chi connectivity index (χ0) is 10.6. The van der Waals surface area contributed by atoms with E-state index in [1.165, 1.54) is 10.8 Å². The lowest BCUT2D eigenvalue weighted by atomic mass is 10.3. The van der Waals surface area contributed by atoms with Gasteiger partial charge in [0.15, 0.2) is 0 Å². The van der Waals surface area contributed by atoms with Gasteiger partial charge in [0, 0.05) is 18.9 Å². The number of H-pyrrole nitrogens is 1. The monoisotopic (exact) mass is 197 g/mol. The van der Waals surface area contributed by atoms with Crippen molar-refractivity contribution >= 4 is 5.91 Å². The fourth-order valence-electron chi connectivity index (χ4n) is 1.16. The molecule has 0 bridgehead atoms. The van der Waals surface area contributed by atoms with Crippen LogP contribution in [0.1, 0.15) is 26.3 Å². The molecular formula is C9H15N3O2. The molecule has 0 fully saturated rings. The van der Waals surface area contributed by atoms with Crippen LogP contribution in [0.4, 0.5) is 0 Å². The molecule has 14 heavy (non-hydrogen) atoms. The van der Waals surface area contributed by atoms with Crippen LogP contribution in [0.2, 0.25) is 0 Å². The van der Waals surface area contributed by atoms with E-state index in [-0.39, 0.29) is 11.6 Å². The van der Waals surface area contributed by atoms with E-state index >= 15 is 0 Å². The number of carbonyl (C=O) groups is 1. The number of aromatic nitrogens is 2. The van der Waals surface area contributed by atoms with E-state index in [1.54, 1.807) is 13.1 Å². The van der Waals surface area contributed by atoms with Crippen LogP contribution in [0.3, 0.4) is 0 Å². The highest BCUT2D eigenvalue weighted by Gasteiger charge is 2.14. The predicted octanol–water partition coefficient (Wildman–Crippen LogP) is 0.264. The molecule has 1 aromatic rings. The molecule has 1 amide bonds. The van der Waals surface area contributed by atoms with Gasteiger partial charge in [-0.3, -0.25) is 9.36 Å². The van der Waals surface area contributed by atoms with Gasteiger partial charge in [0.2, 0.25) is 5.91 Å². The second kappa shape index (κ2) is 4.64. The van der Waals surface area contributed by atoms with Gasteiger partial charge in [0.05, 0.1) is 0 Å².